The maximum Gasteiger partial charge on any atom is 0.404 e. The van der Waals surface area contributed by atoms with Crippen molar-refractivity contribution in [2.24, 2.45) is 0 Å². The Labute approximate surface area is 120 Å². The summed E-state index contributed by atoms with van der Waals surface area (Å²) in [4.78, 5) is 10.7. The first kappa shape index (κ1) is 15.2. The van der Waals surface area contributed by atoms with E-state index in [0.717, 1.165) is 6.07 Å². The van der Waals surface area contributed by atoms with Crippen LogP contribution in [0.15, 0.2) is 18.2 Å². The summed E-state index contributed by atoms with van der Waals surface area (Å²) >= 11 is 0. The molecule has 3 atom stereocenters. The number of rotatable bonds is 2. The number of halogens is 2. The fraction of sp³-hybridized carbons (Fsp3) is 0.429. The fourth-order valence-electron chi connectivity index (χ4n) is 2.61. The molecule has 0 bridgehead atoms. The Kier molecular flexibility index (Phi) is 4.70. The third-order valence-electron chi connectivity index (χ3n) is 3.68. The van der Waals surface area contributed by atoms with Crippen molar-refractivity contribution in [3.8, 4) is 6.07 Å². The van der Waals surface area contributed by atoms with Crippen LogP contribution in [0.2, 0.25) is 0 Å². The lowest BCUT2D eigenvalue weighted by molar-refractivity contribution is 0.187. The maximum absolute atomic E-state index is 13.8. The molecule has 0 aliphatic carbocycles. The first-order chi connectivity index (χ1) is 10.0. The highest BCUT2D eigenvalue weighted by Crippen LogP contribution is 2.28. The average molecular weight is 295 g/mol. The van der Waals surface area contributed by atoms with Crippen LogP contribution in [0.25, 0.3) is 0 Å². The molecule has 0 radical (unpaired) electrons. The second-order valence-corrected chi connectivity index (χ2v) is 4.99. The minimum absolute atomic E-state index is 0.246. The van der Waals surface area contributed by atoms with Gasteiger partial charge in [0.15, 0.2) is 11.6 Å². The number of nitrogens with one attached hydrogen (secondary N) is 2. The molecule has 1 unspecified atom stereocenters. The van der Waals surface area contributed by atoms with Gasteiger partial charge in [-0.05, 0) is 30.4 Å². The highest BCUT2D eigenvalue weighted by atomic mass is 19.2. The van der Waals surface area contributed by atoms with E-state index >= 15 is 0 Å². The van der Waals surface area contributed by atoms with Crippen molar-refractivity contribution in [2.45, 2.75) is 30.8 Å². The highest BCUT2D eigenvalue weighted by molar-refractivity contribution is 5.65. The Morgan fingerprint density at radius 2 is 2.19 bits per heavy atom. The summed E-state index contributed by atoms with van der Waals surface area (Å²) in [5.41, 5.74) is 0.246. The van der Waals surface area contributed by atoms with Crippen LogP contribution in [0.1, 0.15) is 24.3 Å². The zero-order chi connectivity index (χ0) is 15.4. The van der Waals surface area contributed by atoms with Crippen molar-refractivity contribution in [3.05, 3.63) is 35.4 Å². The smallest absolute Gasteiger partial charge is 0.404 e. The van der Waals surface area contributed by atoms with Crippen LogP contribution in [0.4, 0.5) is 13.6 Å². The standard InChI is InChI=1S/C14H15F2N3O2/c15-10-3-1-2-9(13(10)16)8-4-5-11(19-14(20)21)12(6-17)18-7-8/h1-3,8,11-12,18-19H,4-5,7H2,(H,20,21)/t8-,11-,12?/m1/s1. The van der Waals surface area contributed by atoms with E-state index in [-0.39, 0.29) is 18.0 Å². The highest BCUT2D eigenvalue weighted by Gasteiger charge is 2.30. The van der Waals surface area contributed by atoms with Gasteiger partial charge in [-0.15, -0.1) is 0 Å². The summed E-state index contributed by atoms with van der Waals surface area (Å²) in [6.45, 7) is 0.288. The quantitative estimate of drug-likeness (QED) is 0.778. The molecule has 3 N–H and O–H groups in total. The van der Waals surface area contributed by atoms with E-state index in [1.54, 1.807) is 0 Å². The minimum Gasteiger partial charge on any atom is -0.465 e. The van der Waals surface area contributed by atoms with Gasteiger partial charge in [-0.25, -0.2) is 13.6 Å². The Balaban J connectivity index is 2.17. The Morgan fingerprint density at radius 1 is 1.43 bits per heavy atom. The van der Waals surface area contributed by atoms with Crippen molar-refractivity contribution < 1.29 is 18.7 Å². The predicted molar refractivity (Wildman–Crippen MR) is 70.7 cm³/mol. The van der Waals surface area contributed by atoms with Crippen molar-refractivity contribution in [1.29, 1.82) is 5.26 Å². The lowest BCUT2D eigenvalue weighted by atomic mass is 9.93. The van der Waals surface area contributed by atoms with Crippen LogP contribution in [-0.2, 0) is 0 Å². The molecule has 5 nitrogen and oxygen atoms in total. The molecule has 1 amide bonds. The Morgan fingerprint density at radius 3 is 2.86 bits per heavy atom. The van der Waals surface area contributed by atoms with Crippen LogP contribution >= 0.6 is 0 Å². The van der Waals surface area contributed by atoms with Gasteiger partial charge in [-0.3, -0.25) is 5.32 Å². The third-order valence-corrected chi connectivity index (χ3v) is 3.68. The fourth-order valence-corrected chi connectivity index (χ4v) is 2.61. The number of hydrogen-bond donors (Lipinski definition) is 3. The molecule has 112 valence electrons. The Hall–Kier alpha value is -2.20. The third kappa shape index (κ3) is 3.47. The number of carbonyl (C=O) groups is 1. The summed E-state index contributed by atoms with van der Waals surface area (Å²) in [6.07, 6.45) is -0.383. The summed E-state index contributed by atoms with van der Waals surface area (Å²) in [6, 6.07) is 4.73. The Bertz CT molecular complexity index is 574. The van der Waals surface area contributed by atoms with E-state index in [0.29, 0.717) is 12.8 Å². The molecule has 1 aromatic carbocycles. The zero-order valence-electron chi connectivity index (χ0n) is 11.1. The molecule has 1 aromatic rings. The molecule has 1 heterocycles. The molecule has 0 saturated carbocycles. The van der Waals surface area contributed by atoms with Gasteiger partial charge in [-0.2, -0.15) is 5.26 Å². The van der Waals surface area contributed by atoms with Gasteiger partial charge in [0.25, 0.3) is 0 Å². The molecule has 1 fully saturated rings. The number of hydrogen-bond acceptors (Lipinski definition) is 3. The van der Waals surface area contributed by atoms with Gasteiger partial charge in [0.1, 0.15) is 6.04 Å². The van der Waals surface area contributed by atoms with Crippen LogP contribution in [0.3, 0.4) is 0 Å². The molecule has 1 aliphatic heterocycles. The zero-order valence-corrected chi connectivity index (χ0v) is 11.1. The largest absolute Gasteiger partial charge is 0.465 e. The van der Waals surface area contributed by atoms with Gasteiger partial charge >= 0.3 is 6.09 Å². The SMILES string of the molecule is N#CC1NC[C@H](c2cccc(F)c2F)CC[C@H]1NC(=O)O. The van der Waals surface area contributed by atoms with Crippen LogP contribution in [-0.4, -0.2) is 29.8 Å². The van der Waals surface area contributed by atoms with Crippen molar-refractivity contribution in [3.63, 3.8) is 0 Å². The molecule has 1 saturated heterocycles. The summed E-state index contributed by atoms with van der Waals surface area (Å²) in [5.74, 6) is -2.10. The first-order valence-electron chi connectivity index (χ1n) is 6.59. The van der Waals surface area contributed by atoms with E-state index in [1.807, 2.05) is 6.07 Å². The molecule has 1 aliphatic rings. The van der Waals surface area contributed by atoms with Gasteiger partial charge in [0, 0.05) is 6.54 Å². The molecular formula is C14H15F2N3O2. The van der Waals surface area contributed by atoms with Crippen LogP contribution in [0, 0.1) is 23.0 Å². The van der Waals surface area contributed by atoms with Crippen LogP contribution in [0.5, 0.6) is 0 Å². The van der Waals surface area contributed by atoms with Gasteiger partial charge in [-0.1, -0.05) is 12.1 Å². The van der Waals surface area contributed by atoms with E-state index in [2.05, 4.69) is 10.6 Å². The number of nitriles is 1. The lowest BCUT2D eigenvalue weighted by Crippen LogP contribution is -2.47. The average Bonchev–Trinajstić information content (AvgIpc) is 2.64. The topological polar surface area (TPSA) is 85.2 Å². The van der Waals surface area contributed by atoms with E-state index in [9.17, 15) is 13.6 Å². The molecular weight excluding hydrogens is 280 g/mol. The number of carboxylic acid groups (broad SMARTS) is 1. The number of benzene rings is 1. The van der Waals surface area contributed by atoms with Crippen molar-refractivity contribution in [1.82, 2.24) is 10.6 Å². The monoisotopic (exact) mass is 295 g/mol. The van der Waals surface area contributed by atoms with E-state index in [4.69, 9.17) is 10.4 Å². The molecule has 0 spiro atoms. The number of amides is 1. The van der Waals surface area contributed by atoms with E-state index in [1.165, 1.54) is 12.1 Å². The second kappa shape index (κ2) is 6.50. The van der Waals surface area contributed by atoms with Gasteiger partial charge < -0.3 is 10.4 Å². The summed E-state index contributed by atoms with van der Waals surface area (Å²) in [5, 5.41) is 23.0. The summed E-state index contributed by atoms with van der Waals surface area (Å²) in [7, 11) is 0. The second-order valence-electron chi connectivity index (χ2n) is 4.99. The van der Waals surface area contributed by atoms with Crippen LogP contribution < -0.4 is 10.6 Å². The lowest BCUT2D eigenvalue weighted by Gasteiger charge is -2.19. The number of nitrogens with zero attached hydrogens (tertiary/aromatic N) is 1. The van der Waals surface area contributed by atoms with Gasteiger partial charge in [0.05, 0.1) is 12.1 Å². The molecule has 7 heteroatoms. The minimum atomic E-state index is -1.21. The van der Waals surface area contributed by atoms with E-state index < -0.39 is 29.8 Å². The summed E-state index contributed by atoms with van der Waals surface area (Å²) < 4.78 is 27.1. The first-order valence-corrected chi connectivity index (χ1v) is 6.59. The molecule has 21 heavy (non-hydrogen) atoms. The van der Waals surface area contributed by atoms with Crippen molar-refractivity contribution in [2.75, 3.05) is 6.54 Å². The normalized spacial score (nSPS) is 25.7. The molecule has 2 rings (SSSR count). The molecule has 0 aromatic heterocycles. The van der Waals surface area contributed by atoms with Crippen molar-refractivity contribution >= 4 is 6.09 Å². The predicted octanol–water partition coefficient (Wildman–Crippen LogP) is 1.96. The maximum atomic E-state index is 13.8. The van der Waals surface area contributed by atoms with Gasteiger partial charge in [0.2, 0.25) is 0 Å².